The second-order valence-corrected chi connectivity index (χ2v) is 13.1. The molecule has 4 atom stereocenters. The number of carbonyl (C=O) groups excluding carboxylic acids is 2. The number of rotatable bonds is 23. The maximum absolute atomic E-state index is 13.1. The molecule has 5 N–H and O–H groups in total. The first kappa shape index (κ1) is 39.7. The van der Waals surface area contributed by atoms with E-state index in [-0.39, 0.29) is 29.6 Å². The largest absolute Gasteiger partial charge is 0.490 e. The standard InChI is InChI=1S/C35H62N4O7/c1-25(2)28(21-27-10-11-32(45-17-7-9-34(41)37-5)33(22-27)46-18-8-16-43-6)23-30(36)31(40)24-29(26(3)4)35(42)38-12-13-39-14-19-44-20-15-39/h10-11,22,25-26,28-31,40H,7-9,12-21,23-24,36H2,1-6H3,(H,37,41)(H,38,42)/t28-,29+,30-,31-/m0/s1. The van der Waals surface area contributed by atoms with Crippen LogP contribution in [0.1, 0.15) is 65.4 Å². The van der Waals surface area contributed by atoms with Crippen molar-refractivity contribution in [2.45, 2.75) is 78.4 Å². The van der Waals surface area contributed by atoms with Crippen molar-refractivity contribution in [3.8, 4) is 11.5 Å². The van der Waals surface area contributed by atoms with Gasteiger partial charge in [-0.2, -0.15) is 0 Å². The summed E-state index contributed by atoms with van der Waals surface area (Å²) in [5.41, 5.74) is 7.71. The van der Waals surface area contributed by atoms with Gasteiger partial charge in [-0.15, -0.1) is 0 Å². The van der Waals surface area contributed by atoms with Crippen molar-refractivity contribution in [2.24, 2.45) is 29.4 Å². The van der Waals surface area contributed by atoms with Crippen LogP contribution in [-0.4, -0.2) is 107 Å². The van der Waals surface area contributed by atoms with Crippen LogP contribution in [0.2, 0.25) is 0 Å². The molecule has 1 aromatic rings. The number of nitrogens with zero attached hydrogens (tertiary/aromatic N) is 1. The molecule has 0 unspecified atom stereocenters. The molecule has 2 rings (SSSR count). The minimum Gasteiger partial charge on any atom is -0.490 e. The number of benzene rings is 1. The monoisotopic (exact) mass is 650 g/mol. The number of nitrogens with two attached hydrogens (primary N) is 1. The third-order valence-corrected chi connectivity index (χ3v) is 8.82. The van der Waals surface area contributed by atoms with Crippen LogP contribution in [-0.2, 0) is 25.5 Å². The summed E-state index contributed by atoms with van der Waals surface area (Å²) in [6.45, 7) is 14.5. The first-order valence-electron chi connectivity index (χ1n) is 17.1. The van der Waals surface area contributed by atoms with Gasteiger partial charge in [-0.3, -0.25) is 14.5 Å². The summed E-state index contributed by atoms with van der Waals surface area (Å²) >= 11 is 0. The smallest absolute Gasteiger partial charge is 0.223 e. The minimum atomic E-state index is -0.788. The molecule has 2 amide bonds. The van der Waals surface area contributed by atoms with Crippen LogP contribution >= 0.6 is 0 Å². The third kappa shape index (κ3) is 15.0. The lowest BCUT2D eigenvalue weighted by Crippen LogP contribution is -2.45. The van der Waals surface area contributed by atoms with Crippen molar-refractivity contribution in [1.29, 1.82) is 0 Å². The molecule has 46 heavy (non-hydrogen) atoms. The zero-order valence-corrected chi connectivity index (χ0v) is 29.2. The molecule has 0 radical (unpaired) electrons. The molecule has 0 spiro atoms. The van der Waals surface area contributed by atoms with Gasteiger partial charge in [0, 0.05) is 71.7 Å². The molecule has 1 aliphatic rings. The van der Waals surface area contributed by atoms with E-state index >= 15 is 0 Å². The number of carbonyl (C=O) groups is 2. The Morgan fingerprint density at radius 1 is 1.00 bits per heavy atom. The normalized spacial score (nSPS) is 16.6. The summed E-state index contributed by atoms with van der Waals surface area (Å²) in [5, 5.41) is 16.9. The molecule has 0 saturated carbocycles. The van der Waals surface area contributed by atoms with E-state index in [1.807, 2.05) is 32.0 Å². The molecule has 1 heterocycles. The van der Waals surface area contributed by atoms with E-state index in [9.17, 15) is 14.7 Å². The summed E-state index contributed by atoms with van der Waals surface area (Å²) in [5.74, 6) is 1.58. The van der Waals surface area contributed by atoms with Gasteiger partial charge in [0.15, 0.2) is 11.5 Å². The van der Waals surface area contributed by atoms with E-state index in [2.05, 4.69) is 29.4 Å². The molecular formula is C35H62N4O7. The van der Waals surface area contributed by atoms with Crippen LogP contribution in [0.25, 0.3) is 0 Å². The average Bonchev–Trinajstić information content (AvgIpc) is 3.04. The van der Waals surface area contributed by atoms with E-state index in [0.29, 0.717) is 69.5 Å². The number of morpholine rings is 1. The maximum atomic E-state index is 13.1. The van der Waals surface area contributed by atoms with Gasteiger partial charge < -0.3 is 40.4 Å². The zero-order chi connectivity index (χ0) is 33.9. The fraction of sp³-hybridized carbons (Fsp3) is 0.771. The van der Waals surface area contributed by atoms with Gasteiger partial charge in [-0.25, -0.2) is 0 Å². The van der Waals surface area contributed by atoms with Crippen LogP contribution in [0.15, 0.2) is 18.2 Å². The number of ether oxygens (including phenoxy) is 4. The topological polar surface area (TPSA) is 145 Å². The number of hydrogen-bond acceptors (Lipinski definition) is 9. The quantitative estimate of drug-likeness (QED) is 0.131. The maximum Gasteiger partial charge on any atom is 0.223 e. The molecular weight excluding hydrogens is 588 g/mol. The van der Waals surface area contributed by atoms with E-state index in [1.54, 1.807) is 14.2 Å². The summed E-state index contributed by atoms with van der Waals surface area (Å²) in [6, 6.07) is 5.54. The lowest BCUT2D eigenvalue weighted by atomic mass is 9.81. The van der Waals surface area contributed by atoms with Crippen LogP contribution in [0, 0.1) is 23.7 Å². The zero-order valence-electron chi connectivity index (χ0n) is 29.2. The number of amides is 2. The minimum absolute atomic E-state index is 0.0134. The van der Waals surface area contributed by atoms with Crippen LogP contribution in [0.4, 0.5) is 0 Å². The second-order valence-electron chi connectivity index (χ2n) is 13.1. The number of hydrogen-bond donors (Lipinski definition) is 4. The molecule has 1 aromatic carbocycles. The summed E-state index contributed by atoms with van der Waals surface area (Å²) in [7, 11) is 3.29. The highest BCUT2D eigenvalue weighted by molar-refractivity contribution is 5.79. The van der Waals surface area contributed by atoms with Crippen molar-refractivity contribution >= 4 is 11.8 Å². The van der Waals surface area contributed by atoms with E-state index in [4.69, 9.17) is 24.7 Å². The Balaban J connectivity index is 2.00. The van der Waals surface area contributed by atoms with Gasteiger partial charge in [-0.1, -0.05) is 33.8 Å². The Morgan fingerprint density at radius 3 is 2.35 bits per heavy atom. The van der Waals surface area contributed by atoms with E-state index < -0.39 is 12.1 Å². The van der Waals surface area contributed by atoms with E-state index in [1.165, 1.54) is 0 Å². The predicted molar refractivity (Wildman–Crippen MR) is 181 cm³/mol. The van der Waals surface area contributed by atoms with Crippen molar-refractivity contribution in [3.05, 3.63) is 23.8 Å². The van der Waals surface area contributed by atoms with Crippen LogP contribution in [0.5, 0.6) is 11.5 Å². The molecule has 0 bridgehead atoms. The van der Waals surface area contributed by atoms with Crippen molar-refractivity contribution in [2.75, 3.05) is 73.4 Å². The summed E-state index contributed by atoms with van der Waals surface area (Å²) < 4.78 is 22.7. The van der Waals surface area contributed by atoms with Gasteiger partial charge in [0.1, 0.15) is 0 Å². The lowest BCUT2D eigenvalue weighted by Gasteiger charge is -2.30. The Kier molecular flexibility index (Phi) is 19.2. The van der Waals surface area contributed by atoms with Crippen LogP contribution < -0.4 is 25.8 Å². The van der Waals surface area contributed by atoms with Gasteiger partial charge in [-0.05, 0) is 61.1 Å². The van der Waals surface area contributed by atoms with E-state index in [0.717, 1.165) is 51.3 Å². The first-order valence-corrected chi connectivity index (χ1v) is 17.1. The van der Waals surface area contributed by atoms with Crippen molar-refractivity contribution in [3.63, 3.8) is 0 Å². The molecule has 0 aliphatic carbocycles. The lowest BCUT2D eigenvalue weighted by molar-refractivity contribution is -0.127. The fourth-order valence-electron chi connectivity index (χ4n) is 5.65. The molecule has 1 fully saturated rings. The number of nitrogens with one attached hydrogen (secondary N) is 2. The Bertz CT molecular complexity index is 1000. The van der Waals surface area contributed by atoms with Crippen molar-refractivity contribution < 1.29 is 33.6 Å². The second kappa shape index (κ2) is 22.2. The highest BCUT2D eigenvalue weighted by Gasteiger charge is 2.30. The SMILES string of the molecule is CNC(=O)CCCOc1ccc(C[C@@H](C[C@H](N)[C@@H](O)C[C@@H](C(=O)NCCN2CCOCC2)C(C)C)C(C)C)cc1OCCCOC. The molecule has 1 saturated heterocycles. The molecule has 0 aromatic heterocycles. The third-order valence-electron chi connectivity index (χ3n) is 8.82. The Labute approximate surface area is 277 Å². The number of aliphatic hydroxyl groups is 1. The molecule has 1 aliphatic heterocycles. The van der Waals surface area contributed by atoms with Crippen molar-refractivity contribution in [1.82, 2.24) is 15.5 Å². The predicted octanol–water partition coefficient (Wildman–Crippen LogP) is 3.01. The molecule has 11 heteroatoms. The summed E-state index contributed by atoms with van der Waals surface area (Å²) in [6.07, 6.45) is 2.69. The van der Waals surface area contributed by atoms with Gasteiger partial charge >= 0.3 is 0 Å². The molecule has 264 valence electrons. The Morgan fingerprint density at radius 2 is 1.70 bits per heavy atom. The summed E-state index contributed by atoms with van der Waals surface area (Å²) in [4.78, 5) is 27.0. The fourth-order valence-corrected chi connectivity index (χ4v) is 5.65. The number of aliphatic hydroxyl groups excluding tert-OH is 1. The van der Waals surface area contributed by atoms with Gasteiger partial charge in [0.2, 0.25) is 11.8 Å². The van der Waals surface area contributed by atoms with Gasteiger partial charge in [0.25, 0.3) is 0 Å². The highest BCUT2D eigenvalue weighted by atomic mass is 16.5. The van der Waals surface area contributed by atoms with Gasteiger partial charge in [0.05, 0.1) is 32.5 Å². The molecule has 11 nitrogen and oxygen atoms in total. The Hall–Kier alpha value is -2.44. The first-order chi connectivity index (χ1) is 22.0. The number of methoxy groups -OCH3 is 1. The average molecular weight is 651 g/mol. The van der Waals surface area contributed by atoms with Crippen LogP contribution in [0.3, 0.4) is 0 Å². The highest BCUT2D eigenvalue weighted by Crippen LogP contribution is 2.32.